The van der Waals surface area contributed by atoms with Gasteiger partial charge >= 0.3 is 0 Å². The number of piperazine rings is 2. The minimum Gasteiger partial charge on any atom is -0.486 e. The Balaban J connectivity index is 0.000000127. The van der Waals surface area contributed by atoms with E-state index in [1.54, 1.807) is 12.1 Å². The molecule has 74 heavy (non-hydrogen) atoms. The van der Waals surface area contributed by atoms with Crippen molar-refractivity contribution in [3.05, 3.63) is 185 Å². The highest BCUT2D eigenvalue weighted by Gasteiger charge is 2.27. The topological polar surface area (TPSA) is 125 Å². The number of ether oxygens (including phenoxy) is 2. The third kappa shape index (κ3) is 13.0. The first-order valence-electron chi connectivity index (χ1n) is 24.2. The fourth-order valence-corrected chi connectivity index (χ4v) is 10.7. The molecule has 1 atom stereocenters. The van der Waals surface area contributed by atoms with Gasteiger partial charge in [0.1, 0.15) is 29.5 Å². The second-order valence-electron chi connectivity index (χ2n) is 18.0. The number of aromatic nitrogens is 5. The van der Waals surface area contributed by atoms with Gasteiger partial charge in [-0.3, -0.25) is 14.7 Å². The van der Waals surface area contributed by atoms with Crippen molar-refractivity contribution in [2.24, 2.45) is 0 Å². The molecule has 2 N–H and O–H groups in total. The van der Waals surface area contributed by atoms with Crippen LogP contribution in [0.5, 0.6) is 11.5 Å². The summed E-state index contributed by atoms with van der Waals surface area (Å²) in [6, 6.07) is 47.7. The Kier molecular flexibility index (Phi) is 16.7. The Morgan fingerprint density at radius 2 is 1.11 bits per heavy atom. The number of H-pyrrole nitrogens is 1. The highest BCUT2D eigenvalue weighted by atomic mass is 79.9. The van der Waals surface area contributed by atoms with Crippen LogP contribution in [0.1, 0.15) is 5.69 Å². The quantitative estimate of drug-likeness (QED) is 0.164. The molecule has 10 aromatic rings. The molecule has 0 radical (unpaired) electrons. The first-order chi connectivity index (χ1) is 36.0. The van der Waals surface area contributed by atoms with E-state index in [1.165, 1.54) is 11.5 Å². The van der Waals surface area contributed by atoms with Crippen LogP contribution in [0, 0.1) is 6.92 Å². The van der Waals surface area contributed by atoms with Gasteiger partial charge in [0.15, 0.2) is 11.5 Å². The number of aryl methyl sites for hydroxylation is 1. The molecule has 0 bridgehead atoms. The van der Waals surface area contributed by atoms with Gasteiger partial charge in [-0.15, -0.1) is 0 Å². The molecule has 0 unspecified atom stereocenters. The summed E-state index contributed by atoms with van der Waals surface area (Å²) in [6.07, 6.45) is 0.00759. The van der Waals surface area contributed by atoms with Gasteiger partial charge in [0, 0.05) is 116 Å². The van der Waals surface area contributed by atoms with E-state index >= 15 is 0 Å². The maximum Gasteiger partial charge on any atom is 0.248 e. The third-order valence-electron chi connectivity index (χ3n) is 12.8. The monoisotopic (exact) mass is 1260 g/mol. The van der Waals surface area contributed by atoms with Gasteiger partial charge in [-0.2, -0.15) is 0 Å². The zero-order chi connectivity index (χ0) is 51.1. The number of aromatic amines is 1. The summed E-state index contributed by atoms with van der Waals surface area (Å²) in [5, 5.41) is 9.36. The lowest BCUT2D eigenvalue weighted by atomic mass is 10.1. The van der Waals surface area contributed by atoms with E-state index in [1.807, 2.05) is 79.7 Å². The van der Waals surface area contributed by atoms with Crippen LogP contribution in [0.25, 0.3) is 54.5 Å². The Hall–Kier alpha value is -5.72. The maximum absolute atomic E-state index is 10.9. The molecule has 5 aromatic heterocycles. The van der Waals surface area contributed by atoms with Crippen LogP contribution in [0.3, 0.4) is 0 Å². The predicted molar refractivity (Wildman–Crippen MR) is 316 cm³/mol. The number of pyridine rings is 5. The van der Waals surface area contributed by atoms with Crippen LogP contribution in [0.2, 0.25) is 5.15 Å². The molecular formula is C57H50Br4ClN9O3. The van der Waals surface area contributed by atoms with E-state index in [0.29, 0.717) is 11.8 Å². The van der Waals surface area contributed by atoms with E-state index in [-0.39, 0.29) is 11.7 Å². The van der Waals surface area contributed by atoms with Crippen LogP contribution >= 0.6 is 75.3 Å². The van der Waals surface area contributed by atoms with E-state index in [0.717, 1.165) is 155 Å². The van der Waals surface area contributed by atoms with Crippen LogP contribution in [0.15, 0.2) is 168 Å². The lowest BCUT2D eigenvalue weighted by molar-refractivity contribution is 0.0587. The van der Waals surface area contributed by atoms with Crippen LogP contribution in [-0.2, 0) is 0 Å². The average molecular weight is 1260 g/mol. The number of hydrogen-bond donors (Lipinski definition) is 2. The largest absolute Gasteiger partial charge is 0.486 e. The number of benzene rings is 5. The average Bonchev–Trinajstić information content (AvgIpc) is 3.41. The minimum absolute atomic E-state index is 0.00759. The van der Waals surface area contributed by atoms with Crippen molar-refractivity contribution < 1.29 is 9.47 Å². The Bertz CT molecular complexity index is 3650. The van der Waals surface area contributed by atoms with Crippen molar-refractivity contribution in [3.8, 4) is 11.5 Å². The molecule has 5 aromatic carbocycles. The fourth-order valence-electron chi connectivity index (χ4n) is 9.03. The number of fused-ring (bicyclic) bond motifs is 7. The van der Waals surface area contributed by atoms with Crippen molar-refractivity contribution in [2.45, 2.75) is 13.0 Å². The van der Waals surface area contributed by atoms with Gasteiger partial charge in [0.25, 0.3) is 0 Å². The highest BCUT2D eigenvalue weighted by Crippen LogP contribution is 2.38. The molecule has 2 fully saturated rings. The smallest absolute Gasteiger partial charge is 0.248 e. The number of hydrogen-bond acceptors (Lipinski definition) is 11. The van der Waals surface area contributed by atoms with E-state index in [2.05, 4.69) is 153 Å². The van der Waals surface area contributed by atoms with Crippen LogP contribution in [-0.4, -0.2) is 101 Å². The molecule has 17 heteroatoms. The molecule has 3 aliphatic heterocycles. The normalized spacial score (nSPS) is 15.5. The summed E-state index contributed by atoms with van der Waals surface area (Å²) in [4.78, 5) is 39.2. The van der Waals surface area contributed by atoms with Crippen molar-refractivity contribution >= 4 is 141 Å². The molecule has 3 aliphatic rings. The summed E-state index contributed by atoms with van der Waals surface area (Å²) in [7, 11) is 0. The van der Waals surface area contributed by atoms with Crippen molar-refractivity contribution in [2.75, 3.05) is 75.3 Å². The summed E-state index contributed by atoms with van der Waals surface area (Å²) in [6.45, 7) is 11.4. The van der Waals surface area contributed by atoms with Gasteiger partial charge in [0.2, 0.25) is 5.56 Å². The first-order valence-corrected chi connectivity index (χ1v) is 27.8. The zero-order valence-electron chi connectivity index (χ0n) is 40.2. The predicted octanol–water partition coefficient (Wildman–Crippen LogP) is 13.2. The number of anilines is 2. The first kappa shape index (κ1) is 51.8. The van der Waals surface area contributed by atoms with Gasteiger partial charge in [-0.1, -0.05) is 75.3 Å². The van der Waals surface area contributed by atoms with E-state index in [4.69, 9.17) is 31.0 Å². The van der Waals surface area contributed by atoms with Crippen molar-refractivity contribution in [1.82, 2.24) is 35.1 Å². The summed E-state index contributed by atoms with van der Waals surface area (Å²) >= 11 is 19.5. The summed E-state index contributed by atoms with van der Waals surface area (Å²) < 4.78 is 16.7. The molecule has 13 rings (SSSR count). The molecule has 376 valence electrons. The molecule has 0 saturated carbocycles. The molecule has 0 aliphatic carbocycles. The zero-order valence-corrected chi connectivity index (χ0v) is 47.3. The molecule has 8 heterocycles. The molecule has 12 nitrogen and oxygen atoms in total. The summed E-state index contributed by atoms with van der Waals surface area (Å²) in [5.41, 5.74) is 5.76. The van der Waals surface area contributed by atoms with Crippen LogP contribution < -0.4 is 30.1 Å². The Morgan fingerprint density at radius 3 is 1.74 bits per heavy atom. The third-order valence-corrected chi connectivity index (χ3v) is 15.0. The van der Waals surface area contributed by atoms with Gasteiger partial charge < -0.3 is 29.6 Å². The lowest BCUT2D eigenvalue weighted by Gasteiger charge is -2.38. The van der Waals surface area contributed by atoms with Crippen LogP contribution in [0.4, 0.5) is 11.6 Å². The second kappa shape index (κ2) is 23.9. The Labute approximate surface area is 467 Å². The number of nitrogens with one attached hydrogen (secondary N) is 2. The summed E-state index contributed by atoms with van der Waals surface area (Å²) in [5.74, 6) is 3.76. The van der Waals surface area contributed by atoms with E-state index in [9.17, 15) is 4.79 Å². The number of halogens is 5. The molecule has 0 spiro atoms. The van der Waals surface area contributed by atoms with Crippen molar-refractivity contribution in [3.63, 3.8) is 0 Å². The van der Waals surface area contributed by atoms with Gasteiger partial charge in [0.05, 0.1) is 22.1 Å². The Morgan fingerprint density at radius 1 is 0.568 bits per heavy atom. The number of nitrogens with zero attached hydrogens (tertiary/aromatic N) is 7. The van der Waals surface area contributed by atoms with Gasteiger partial charge in [-0.05, 0) is 152 Å². The van der Waals surface area contributed by atoms with Gasteiger partial charge in [-0.25, -0.2) is 15.0 Å². The maximum atomic E-state index is 10.9. The highest BCUT2D eigenvalue weighted by molar-refractivity contribution is 9.11. The van der Waals surface area contributed by atoms with E-state index < -0.39 is 0 Å². The molecule has 2 saturated heterocycles. The number of rotatable bonds is 4. The molecular weight excluding hydrogens is 1210 g/mol. The fraction of sp³-hybridized carbons (Fsp3) is 0.211. The second-order valence-corrected chi connectivity index (χ2v) is 22.1. The standard InChI is InChI=1S/C26H25BrN4O2.C13H14BrN3.C9H5BrClN.C9H6BrNO/c1-17-2-5-21-23(28-17)7-8-24-26(21)33-20(16-32-24)15-30-10-12-31(13-11-30)25-9-3-18-14-19(27)4-6-22(18)29-25;14-11-2-3-12-10(9-11)1-4-13(16-12)17-7-5-15-6-8-17;10-7-2-3-8-6(5-7)1-4-9(11)12-8;10-7-2-3-8-6(5-7)1-4-9(12)11-8/h2-9,14,20H,10-13,15-16H2,1H3;1-4,9,15H,5-8H2;1-5H;1-5H,(H,11,12)/t20-;;;/m0.../s1. The lowest BCUT2D eigenvalue weighted by Crippen LogP contribution is -2.50. The molecule has 0 amide bonds. The van der Waals surface area contributed by atoms with Crippen molar-refractivity contribution in [1.29, 1.82) is 0 Å². The SMILES string of the molecule is Brc1ccc2nc(N3CCNCC3)ccc2c1.Cc1ccc2c3c(ccc2n1)OC[C@H](CN1CCN(c2ccc4cc(Br)ccc4n2)CC1)O3.Clc1ccc2cc(Br)ccc2n1.O=c1ccc2cc(Br)ccc2[nH]1. The minimum atomic E-state index is -0.0650.